The molecule has 1 amide bonds. The number of nitrogens with one attached hydrogen (secondary N) is 1. The third-order valence-corrected chi connectivity index (χ3v) is 1.26. The summed E-state index contributed by atoms with van der Waals surface area (Å²) in [6.45, 7) is 1.94. The fourth-order valence-electron chi connectivity index (χ4n) is 0.853. The Morgan fingerprint density at radius 2 is 2.40 bits per heavy atom. The van der Waals surface area contributed by atoms with Gasteiger partial charge in [0.15, 0.2) is 0 Å². The van der Waals surface area contributed by atoms with E-state index < -0.39 is 0 Å². The van der Waals surface area contributed by atoms with E-state index in [9.17, 15) is 4.79 Å². The molecule has 0 aliphatic heterocycles. The zero-order valence-corrected chi connectivity index (χ0v) is 5.85. The van der Waals surface area contributed by atoms with Crippen molar-refractivity contribution in [3.05, 3.63) is 23.5 Å². The molecule has 54 valence electrons. The Kier molecular flexibility index (Phi) is 1.76. The van der Waals surface area contributed by atoms with Gasteiger partial charge in [-0.1, -0.05) is 0 Å². The lowest BCUT2D eigenvalue weighted by Crippen LogP contribution is -2.13. The predicted molar refractivity (Wildman–Crippen MR) is 38.4 cm³/mol. The minimum atomic E-state index is -0.304. The molecule has 0 atom stereocenters. The molecule has 0 fully saturated rings. The first-order valence-corrected chi connectivity index (χ1v) is 3.11. The highest BCUT2D eigenvalue weighted by atomic mass is 16.1. The van der Waals surface area contributed by atoms with Crippen molar-refractivity contribution < 1.29 is 4.79 Å². The lowest BCUT2D eigenvalue weighted by atomic mass is 10.3. The monoisotopic (exact) mass is 138 g/mol. The molecule has 0 aromatic carbocycles. The number of rotatable bonds is 2. The number of nitrogens with two attached hydrogens (primary N) is 1. The topological polar surface area (TPSA) is 58.9 Å². The third kappa shape index (κ3) is 1.62. The van der Waals surface area contributed by atoms with Gasteiger partial charge in [0.25, 0.3) is 0 Å². The number of aromatic nitrogens is 1. The molecule has 1 rings (SSSR count). The molecule has 0 unspecified atom stereocenters. The van der Waals surface area contributed by atoms with E-state index in [1.54, 1.807) is 0 Å². The first-order chi connectivity index (χ1) is 4.68. The Morgan fingerprint density at radius 1 is 1.70 bits per heavy atom. The third-order valence-electron chi connectivity index (χ3n) is 1.26. The molecule has 0 aliphatic rings. The largest absolute Gasteiger partial charge is 0.369 e. The molecule has 1 aromatic heterocycles. The molecule has 0 saturated heterocycles. The van der Waals surface area contributed by atoms with Gasteiger partial charge in [0.2, 0.25) is 5.91 Å². The maximum Gasteiger partial charge on any atom is 0.223 e. The van der Waals surface area contributed by atoms with Crippen LogP contribution in [0.3, 0.4) is 0 Å². The van der Waals surface area contributed by atoms with Gasteiger partial charge in [-0.05, 0) is 19.1 Å². The van der Waals surface area contributed by atoms with Gasteiger partial charge in [-0.2, -0.15) is 0 Å². The summed E-state index contributed by atoms with van der Waals surface area (Å²) in [6, 6.07) is 3.78. The molecule has 3 heteroatoms. The summed E-state index contributed by atoms with van der Waals surface area (Å²) in [5.74, 6) is -0.304. The van der Waals surface area contributed by atoms with Gasteiger partial charge in [-0.25, -0.2) is 0 Å². The Labute approximate surface area is 59.2 Å². The fraction of sp³-hybridized carbons (Fsp3) is 0.286. The second kappa shape index (κ2) is 2.56. The zero-order chi connectivity index (χ0) is 7.56. The van der Waals surface area contributed by atoms with E-state index in [1.807, 2.05) is 19.1 Å². The van der Waals surface area contributed by atoms with Gasteiger partial charge in [0.05, 0.1) is 6.42 Å². The molecular formula is C7H10N2O. The first kappa shape index (κ1) is 6.86. The van der Waals surface area contributed by atoms with Crippen molar-refractivity contribution in [3.8, 4) is 0 Å². The highest BCUT2D eigenvalue weighted by molar-refractivity contribution is 5.76. The van der Waals surface area contributed by atoms with E-state index in [-0.39, 0.29) is 5.91 Å². The van der Waals surface area contributed by atoms with Crippen molar-refractivity contribution in [2.45, 2.75) is 13.3 Å². The first-order valence-electron chi connectivity index (χ1n) is 3.11. The Bertz CT molecular complexity index is 240. The van der Waals surface area contributed by atoms with Crippen molar-refractivity contribution in [3.63, 3.8) is 0 Å². The van der Waals surface area contributed by atoms with Crippen LogP contribution < -0.4 is 5.73 Å². The lowest BCUT2D eigenvalue weighted by Gasteiger charge is -1.89. The fourth-order valence-corrected chi connectivity index (χ4v) is 0.853. The van der Waals surface area contributed by atoms with E-state index in [0.29, 0.717) is 6.42 Å². The number of hydrogen-bond acceptors (Lipinski definition) is 1. The van der Waals surface area contributed by atoms with Crippen LogP contribution in [-0.2, 0) is 11.2 Å². The molecule has 1 aromatic rings. The molecular weight excluding hydrogens is 128 g/mol. The average Bonchev–Trinajstić information content (AvgIpc) is 2.13. The zero-order valence-electron chi connectivity index (χ0n) is 5.85. The van der Waals surface area contributed by atoms with Gasteiger partial charge in [0, 0.05) is 11.4 Å². The van der Waals surface area contributed by atoms with Crippen molar-refractivity contribution in [2.24, 2.45) is 5.73 Å². The highest BCUT2D eigenvalue weighted by Gasteiger charge is 1.98. The number of aryl methyl sites for hydroxylation is 1. The molecule has 1 heterocycles. The Balaban J connectivity index is 2.67. The number of carbonyl (C=O) groups excluding carboxylic acids is 1. The van der Waals surface area contributed by atoms with Gasteiger partial charge in [0.1, 0.15) is 0 Å². The normalized spacial score (nSPS) is 9.70. The van der Waals surface area contributed by atoms with Crippen LogP contribution in [0.5, 0.6) is 0 Å². The summed E-state index contributed by atoms with van der Waals surface area (Å²) in [4.78, 5) is 13.4. The van der Waals surface area contributed by atoms with E-state index in [1.165, 1.54) is 0 Å². The summed E-state index contributed by atoms with van der Waals surface area (Å²) < 4.78 is 0. The van der Waals surface area contributed by atoms with Gasteiger partial charge in [-0.3, -0.25) is 4.79 Å². The molecule has 10 heavy (non-hydrogen) atoms. The molecule has 0 spiro atoms. The van der Waals surface area contributed by atoms with Crippen LogP contribution in [0, 0.1) is 6.92 Å². The van der Waals surface area contributed by atoms with Crippen molar-refractivity contribution in [2.75, 3.05) is 0 Å². The number of primary amides is 1. The second-order valence-corrected chi connectivity index (χ2v) is 2.31. The van der Waals surface area contributed by atoms with Crippen molar-refractivity contribution in [1.29, 1.82) is 0 Å². The van der Waals surface area contributed by atoms with Crippen LogP contribution in [0.1, 0.15) is 11.4 Å². The quantitative estimate of drug-likeness (QED) is 0.608. The molecule has 3 N–H and O–H groups in total. The predicted octanol–water partition coefficient (Wildman–Crippen LogP) is 0.351. The summed E-state index contributed by atoms with van der Waals surface area (Å²) >= 11 is 0. The summed E-state index contributed by atoms with van der Waals surface area (Å²) in [6.07, 6.45) is 0.299. The standard InChI is InChI=1S/C7H10N2O/c1-5-2-3-6(9-5)4-7(8)10/h2-3,9H,4H2,1H3,(H2,8,10). The second-order valence-electron chi connectivity index (χ2n) is 2.31. The highest BCUT2D eigenvalue weighted by Crippen LogP contribution is 1.99. The molecule has 0 saturated carbocycles. The van der Waals surface area contributed by atoms with Crippen LogP contribution in [-0.4, -0.2) is 10.9 Å². The van der Waals surface area contributed by atoms with Gasteiger partial charge < -0.3 is 10.7 Å². The average molecular weight is 138 g/mol. The number of carbonyl (C=O) groups is 1. The maximum atomic E-state index is 10.4. The Morgan fingerprint density at radius 3 is 2.80 bits per heavy atom. The smallest absolute Gasteiger partial charge is 0.223 e. The van der Waals surface area contributed by atoms with Crippen LogP contribution in [0.15, 0.2) is 12.1 Å². The van der Waals surface area contributed by atoms with E-state index in [0.717, 1.165) is 11.4 Å². The molecule has 0 aliphatic carbocycles. The molecule has 0 bridgehead atoms. The van der Waals surface area contributed by atoms with Crippen molar-refractivity contribution in [1.82, 2.24) is 4.98 Å². The van der Waals surface area contributed by atoms with E-state index >= 15 is 0 Å². The molecule has 3 nitrogen and oxygen atoms in total. The summed E-state index contributed by atoms with van der Waals surface area (Å²) in [5, 5.41) is 0. The van der Waals surface area contributed by atoms with Crippen LogP contribution in [0.4, 0.5) is 0 Å². The number of H-pyrrole nitrogens is 1. The molecule has 0 radical (unpaired) electrons. The van der Waals surface area contributed by atoms with Gasteiger partial charge >= 0.3 is 0 Å². The van der Waals surface area contributed by atoms with Crippen molar-refractivity contribution >= 4 is 5.91 Å². The van der Waals surface area contributed by atoms with E-state index in [4.69, 9.17) is 5.73 Å². The SMILES string of the molecule is Cc1ccc(CC(N)=O)[nH]1. The summed E-state index contributed by atoms with van der Waals surface area (Å²) in [7, 11) is 0. The van der Waals surface area contributed by atoms with E-state index in [2.05, 4.69) is 4.98 Å². The number of amides is 1. The van der Waals surface area contributed by atoms with Crippen LogP contribution in [0.25, 0.3) is 0 Å². The minimum Gasteiger partial charge on any atom is -0.369 e. The lowest BCUT2D eigenvalue weighted by molar-refractivity contribution is -0.117. The summed E-state index contributed by atoms with van der Waals surface area (Å²) in [5.41, 5.74) is 6.91. The van der Waals surface area contributed by atoms with Crippen LogP contribution in [0.2, 0.25) is 0 Å². The van der Waals surface area contributed by atoms with Gasteiger partial charge in [-0.15, -0.1) is 0 Å². The minimum absolute atomic E-state index is 0.299. The number of aromatic amines is 1. The van der Waals surface area contributed by atoms with Crippen LogP contribution >= 0.6 is 0 Å². The Hall–Kier alpha value is -1.25. The maximum absolute atomic E-state index is 10.4. The number of hydrogen-bond donors (Lipinski definition) is 2.